The van der Waals surface area contributed by atoms with Crippen LogP contribution in [0.5, 0.6) is 0 Å². The van der Waals surface area contributed by atoms with E-state index in [-0.39, 0.29) is 12.0 Å². The first kappa shape index (κ1) is 17.0. The van der Waals surface area contributed by atoms with Gasteiger partial charge in [0.1, 0.15) is 5.82 Å². The van der Waals surface area contributed by atoms with Gasteiger partial charge in [0.25, 0.3) is 5.91 Å². The first-order chi connectivity index (χ1) is 9.81. The van der Waals surface area contributed by atoms with Crippen LogP contribution in [0.1, 0.15) is 44.0 Å². The summed E-state index contributed by atoms with van der Waals surface area (Å²) < 4.78 is 27.2. The number of rotatable bonds is 6. The molecule has 1 aromatic rings. The van der Waals surface area contributed by atoms with Crippen molar-refractivity contribution in [1.29, 1.82) is 0 Å². The van der Waals surface area contributed by atoms with Crippen molar-refractivity contribution < 1.29 is 18.5 Å². The highest BCUT2D eigenvalue weighted by Crippen LogP contribution is 2.23. The van der Waals surface area contributed by atoms with E-state index in [1.165, 1.54) is 0 Å². The number of amides is 1. The molecule has 0 aliphatic carbocycles. The third kappa shape index (κ3) is 3.96. The van der Waals surface area contributed by atoms with Gasteiger partial charge in [0, 0.05) is 6.04 Å². The van der Waals surface area contributed by atoms with Crippen LogP contribution in [0.15, 0.2) is 12.1 Å². The average Bonchev–Trinajstić information content (AvgIpc) is 2.41. The molecule has 1 unspecified atom stereocenters. The molecule has 0 bridgehead atoms. The van der Waals surface area contributed by atoms with Crippen molar-refractivity contribution in [3.63, 3.8) is 0 Å². The smallest absolute Gasteiger partial charge is 0.308 e. The third-order valence-electron chi connectivity index (χ3n) is 3.57. The number of nitrogens with one attached hydrogen (secondary N) is 1. The van der Waals surface area contributed by atoms with Gasteiger partial charge in [0.2, 0.25) is 5.82 Å². The Balaban J connectivity index is 3.05. The fourth-order valence-electron chi connectivity index (χ4n) is 2.27. The normalized spacial score (nSPS) is 12.3. The van der Waals surface area contributed by atoms with E-state index < -0.39 is 33.7 Å². The molecule has 1 aromatic carbocycles. The summed E-state index contributed by atoms with van der Waals surface area (Å²) in [5.41, 5.74) is -1.70. The summed E-state index contributed by atoms with van der Waals surface area (Å²) in [4.78, 5) is 21.6. The van der Waals surface area contributed by atoms with Crippen molar-refractivity contribution >= 4 is 11.6 Å². The number of nitro benzene ring substituents is 1. The molecular weight excluding hydrogens is 282 g/mol. The maximum absolute atomic E-state index is 13.9. The Bertz CT molecular complexity index is 545. The van der Waals surface area contributed by atoms with Gasteiger partial charge in [-0.1, -0.05) is 26.7 Å². The number of halogens is 2. The average molecular weight is 300 g/mol. The molecule has 0 saturated carbocycles. The molecule has 0 aliphatic rings. The van der Waals surface area contributed by atoms with Crippen LogP contribution in [0, 0.1) is 27.7 Å². The van der Waals surface area contributed by atoms with Gasteiger partial charge in [0.15, 0.2) is 0 Å². The van der Waals surface area contributed by atoms with Crippen LogP contribution in [-0.4, -0.2) is 16.9 Å². The van der Waals surface area contributed by atoms with Gasteiger partial charge in [-0.25, -0.2) is 4.39 Å². The van der Waals surface area contributed by atoms with Gasteiger partial charge < -0.3 is 5.32 Å². The number of benzene rings is 1. The van der Waals surface area contributed by atoms with Gasteiger partial charge in [-0.15, -0.1) is 0 Å². The second-order valence-electron chi connectivity index (χ2n) is 4.88. The Kier molecular flexibility index (Phi) is 5.75. The Morgan fingerprint density at radius 3 is 2.38 bits per heavy atom. The highest BCUT2D eigenvalue weighted by atomic mass is 19.1. The number of hydrogen-bond donors (Lipinski definition) is 1. The molecule has 21 heavy (non-hydrogen) atoms. The highest BCUT2D eigenvalue weighted by molar-refractivity contribution is 5.95. The minimum Gasteiger partial charge on any atom is -0.349 e. The van der Waals surface area contributed by atoms with E-state index in [1.54, 1.807) is 6.92 Å². The van der Waals surface area contributed by atoms with E-state index in [0.717, 1.165) is 12.8 Å². The van der Waals surface area contributed by atoms with Crippen LogP contribution < -0.4 is 5.32 Å². The Morgan fingerprint density at radius 2 is 1.90 bits per heavy atom. The first-order valence-corrected chi connectivity index (χ1v) is 6.76. The molecular formula is C14H18F2N2O3. The zero-order valence-electron chi connectivity index (χ0n) is 12.2. The summed E-state index contributed by atoms with van der Waals surface area (Å²) in [6.45, 7) is 5.69. The van der Waals surface area contributed by atoms with E-state index in [1.807, 2.05) is 13.8 Å². The summed E-state index contributed by atoms with van der Waals surface area (Å²) in [5, 5.41) is 13.2. The molecule has 1 atom stereocenters. The van der Waals surface area contributed by atoms with Gasteiger partial charge in [-0.2, -0.15) is 4.39 Å². The molecule has 0 spiro atoms. The number of hydrogen-bond acceptors (Lipinski definition) is 3. The molecule has 0 aliphatic heterocycles. The van der Waals surface area contributed by atoms with Gasteiger partial charge >= 0.3 is 5.69 Å². The van der Waals surface area contributed by atoms with Crippen LogP contribution in [0.3, 0.4) is 0 Å². The lowest BCUT2D eigenvalue weighted by molar-refractivity contribution is -0.387. The van der Waals surface area contributed by atoms with Crippen LogP contribution >= 0.6 is 0 Å². The quantitative estimate of drug-likeness (QED) is 0.646. The second-order valence-corrected chi connectivity index (χ2v) is 4.88. The summed E-state index contributed by atoms with van der Waals surface area (Å²) in [6.07, 6.45) is 1.65. The maximum atomic E-state index is 13.9. The fourth-order valence-corrected chi connectivity index (χ4v) is 2.27. The van der Waals surface area contributed by atoms with Crippen molar-refractivity contribution in [2.45, 2.75) is 39.7 Å². The summed E-state index contributed by atoms with van der Waals surface area (Å²) in [7, 11) is 0. The van der Waals surface area contributed by atoms with E-state index in [4.69, 9.17) is 0 Å². The highest BCUT2D eigenvalue weighted by Gasteiger charge is 2.25. The van der Waals surface area contributed by atoms with Crippen LogP contribution in [-0.2, 0) is 0 Å². The molecule has 0 fully saturated rings. The largest absolute Gasteiger partial charge is 0.349 e. The van der Waals surface area contributed by atoms with Gasteiger partial charge in [-0.05, 0) is 18.9 Å². The van der Waals surface area contributed by atoms with Gasteiger partial charge in [-0.3, -0.25) is 14.9 Å². The Labute approximate surface area is 121 Å². The minimum absolute atomic E-state index is 0.195. The molecule has 1 amide bonds. The van der Waals surface area contributed by atoms with Crippen molar-refractivity contribution in [2.24, 2.45) is 5.92 Å². The van der Waals surface area contributed by atoms with Crippen LogP contribution in [0.2, 0.25) is 0 Å². The lowest BCUT2D eigenvalue weighted by Crippen LogP contribution is -2.38. The lowest BCUT2D eigenvalue weighted by Gasteiger charge is -2.22. The van der Waals surface area contributed by atoms with E-state index in [9.17, 15) is 23.7 Å². The number of nitro groups is 1. The molecule has 0 saturated heterocycles. The van der Waals surface area contributed by atoms with Crippen LogP contribution in [0.4, 0.5) is 14.5 Å². The SMILES string of the molecule is CCC(CC)C(C)NC(=O)c1cc(F)cc([N+](=O)[O-])c1F. The molecule has 7 heteroatoms. The maximum Gasteiger partial charge on any atom is 0.308 e. The third-order valence-corrected chi connectivity index (χ3v) is 3.57. The van der Waals surface area contributed by atoms with Crippen molar-refractivity contribution in [1.82, 2.24) is 5.32 Å². The Hall–Kier alpha value is -2.05. The van der Waals surface area contributed by atoms with Crippen LogP contribution in [0.25, 0.3) is 0 Å². The summed E-state index contributed by atoms with van der Waals surface area (Å²) in [6, 6.07) is 0.877. The number of nitrogens with zero attached hydrogens (tertiary/aromatic N) is 1. The molecule has 0 radical (unpaired) electrons. The molecule has 116 valence electrons. The number of carbonyl (C=O) groups is 1. The summed E-state index contributed by atoms with van der Waals surface area (Å²) >= 11 is 0. The van der Waals surface area contributed by atoms with Crippen molar-refractivity contribution in [3.8, 4) is 0 Å². The predicted octanol–water partition coefficient (Wildman–Crippen LogP) is 3.43. The standard InChI is InChI=1S/C14H18F2N2O3/c1-4-9(5-2)8(3)17-14(19)11-6-10(15)7-12(13(11)16)18(20)21/h6-9H,4-5H2,1-3H3,(H,17,19). The fraction of sp³-hybridized carbons (Fsp3) is 0.500. The minimum atomic E-state index is -1.32. The monoisotopic (exact) mass is 300 g/mol. The molecule has 5 nitrogen and oxygen atoms in total. The summed E-state index contributed by atoms with van der Waals surface area (Å²) in [5.74, 6) is -3.01. The predicted molar refractivity (Wildman–Crippen MR) is 74.0 cm³/mol. The van der Waals surface area contributed by atoms with E-state index >= 15 is 0 Å². The molecule has 0 heterocycles. The first-order valence-electron chi connectivity index (χ1n) is 6.76. The zero-order chi connectivity index (χ0) is 16.2. The van der Waals surface area contributed by atoms with Gasteiger partial charge in [0.05, 0.1) is 16.6 Å². The lowest BCUT2D eigenvalue weighted by atomic mass is 9.95. The van der Waals surface area contributed by atoms with E-state index in [2.05, 4.69) is 5.32 Å². The second kappa shape index (κ2) is 7.10. The van der Waals surface area contributed by atoms with E-state index in [0.29, 0.717) is 12.1 Å². The zero-order valence-corrected chi connectivity index (χ0v) is 12.2. The topological polar surface area (TPSA) is 72.2 Å². The molecule has 1 N–H and O–H groups in total. The van der Waals surface area contributed by atoms with Crippen molar-refractivity contribution in [3.05, 3.63) is 39.4 Å². The van der Waals surface area contributed by atoms with Crippen molar-refractivity contribution in [2.75, 3.05) is 0 Å². The molecule has 1 rings (SSSR count). The molecule has 0 aromatic heterocycles. The number of carbonyl (C=O) groups excluding carboxylic acids is 1. The Morgan fingerprint density at radius 1 is 1.33 bits per heavy atom.